The monoisotopic (exact) mass is 345 g/mol. The molecule has 1 unspecified atom stereocenters. The van der Waals surface area contributed by atoms with Crippen molar-refractivity contribution in [2.45, 2.75) is 33.8 Å². The number of hydrogen-bond donors (Lipinski definition) is 0. The Balaban J connectivity index is 2.46. The van der Waals surface area contributed by atoms with Gasteiger partial charge in [-0.2, -0.15) is 0 Å². The van der Waals surface area contributed by atoms with Crippen molar-refractivity contribution < 1.29 is 19.1 Å². The van der Waals surface area contributed by atoms with Crippen molar-refractivity contribution >= 4 is 5.69 Å². The van der Waals surface area contributed by atoms with Gasteiger partial charge in [-0.05, 0) is 56.5 Å². The van der Waals surface area contributed by atoms with Crippen LogP contribution in [0.2, 0.25) is 0 Å². The van der Waals surface area contributed by atoms with E-state index < -0.39 is 11.0 Å². The van der Waals surface area contributed by atoms with Crippen LogP contribution >= 0.6 is 0 Å². The van der Waals surface area contributed by atoms with Gasteiger partial charge < -0.3 is 14.2 Å². The average Bonchev–Trinajstić information content (AvgIpc) is 2.58. The van der Waals surface area contributed by atoms with Crippen LogP contribution < -0.4 is 14.2 Å². The van der Waals surface area contributed by atoms with Crippen LogP contribution in [-0.4, -0.2) is 19.1 Å². The number of ether oxygens (including phenoxy) is 3. The van der Waals surface area contributed by atoms with Crippen molar-refractivity contribution in [1.82, 2.24) is 0 Å². The summed E-state index contributed by atoms with van der Waals surface area (Å²) < 4.78 is 16.5. The lowest BCUT2D eigenvalue weighted by Gasteiger charge is -2.19. The summed E-state index contributed by atoms with van der Waals surface area (Å²) in [6, 6.07) is 6.95. The Kier molecular flexibility index (Phi) is 5.51. The van der Waals surface area contributed by atoms with E-state index in [0.29, 0.717) is 22.8 Å². The SMILES string of the molecule is COc1cc(C(C)Oc2cc(C)c(C)cc2C)c([N+](=O)[O-])cc1OC. The first-order valence-electron chi connectivity index (χ1n) is 7.93. The summed E-state index contributed by atoms with van der Waals surface area (Å²) in [4.78, 5) is 11.0. The van der Waals surface area contributed by atoms with Gasteiger partial charge in [0.1, 0.15) is 11.9 Å². The lowest BCUT2D eigenvalue weighted by Crippen LogP contribution is -2.08. The minimum atomic E-state index is -0.527. The molecular formula is C19H23NO5. The first-order chi connectivity index (χ1) is 11.8. The number of rotatable bonds is 6. The van der Waals surface area contributed by atoms with Crippen molar-refractivity contribution in [2.24, 2.45) is 0 Å². The Morgan fingerprint density at radius 3 is 2.00 bits per heavy atom. The van der Waals surface area contributed by atoms with Gasteiger partial charge in [-0.3, -0.25) is 10.1 Å². The highest BCUT2D eigenvalue weighted by molar-refractivity contribution is 5.55. The molecule has 0 radical (unpaired) electrons. The first kappa shape index (κ1) is 18.6. The van der Waals surface area contributed by atoms with Crippen molar-refractivity contribution in [2.75, 3.05) is 14.2 Å². The summed E-state index contributed by atoms with van der Waals surface area (Å²) in [5.74, 6) is 1.45. The van der Waals surface area contributed by atoms with Crippen molar-refractivity contribution in [3.63, 3.8) is 0 Å². The van der Waals surface area contributed by atoms with Crippen molar-refractivity contribution in [1.29, 1.82) is 0 Å². The molecule has 6 nitrogen and oxygen atoms in total. The van der Waals surface area contributed by atoms with Crippen LogP contribution in [0, 0.1) is 30.9 Å². The third-order valence-corrected chi connectivity index (χ3v) is 4.26. The highest BCUT2D eigenvalue weighted by atomic mass is 16.6. The molecule has 0 saturated carbocycles. The maximum atomic E-state index is 11.5. The van der Waals surface area contributed by atoms with E-state index in [2.05, 4.69) is 0 Å². The largest absolute Gasteiger partial charge is 0.493 e. The predicted octanol–water partition coefficient (Wildman–Crippen LogP) is 4.68. The standard InChI is InChI=1S/C19H23NO5/c1-11-7-13(3)17(8-12(11)2)25-14(4)15-9-18(23-5)19(24-6)10-16(15)20(21)22/h7-10,14H,1-6H3. The van der Waals surface area contributed by atoms with E-state index in [4.69, 9.17) is 14.2 Å². The van der Waals surface area contributed by atoms with Gasteiger partial charge in [0.15, 0.2) is 11.5 Å². The zero-order chi connectivity index (χ0) is 18.7. The second-order valence-electron chi connectivity index (χ2n) is 5.99. The molecule has 0 N–H and O–H groups in total. The predicted molar refractivity (Wildman–Crippen MR) is 95.9 cm³/mol. The summed E-state index contributed by atoms with van der Waals surface area (Å²) in [5, 5.41) is 11.5. The van der Waals surface area contributed by atoms with Crippen LogP contribution in [0.3, 0.4) is 0 Å². The fourth-order valence-electron chi connectivity index (χ4n) is 2.68. The van der Waals surface area contributed by atoms with Gasteiger partial charge in [0, 0.05) is 0 Å². The van der Waals surface area contributed by atoms with Gasteiger partial charge in [0.25, 0.3) is 5.69 Å². The molecule has 0 aliphatic rings. The molecule has 134 valence electrons. The van der Waals surface area contributed by atoms with Gasteiger partial charge in [0.05, 0.1) is 30.8 Å². The van der Waals surface area contributed by atoms with Crippen LogP contribution in [0.5, 0.6) is 17.2 Å². The molecule has 0 aliphatic carbocycles. The molecule has 2 aromatic rings. The lowest BCUT2D eigenvalue weighted by molar-refractivity contribution is -0.386. The normalized spacial score (nSPS) is 11.8. The van der Waals surface area contributed by atoms with Gasteiger partial charge in [0.2, 0.25) is 0 Å². The molecule has 0 fully saturated rings. The van der Waals surface area contributed by atoms with E-state index in [0.717, 1.165) is 11.1 Å². The molecule has 1 atom stereocenters. The van der Waals surface area contributed by atoms with Gasteiger partial charge >= 0.3 is 0 Å². The molecule has 0 heterocycles. The number of nitrogens with zero attached hydrogens (tertiary/aromatic N) is 1. The van der Waals surface area contributed by atoms with E-state index in [9.17, 15) is 10.1 Å². The Hall–Kier alpha value is -2.76. The summed E-state index contributed by atoms with van der Waals surface area (Å²) >= 11 is 0. The second-order valence-corrected chi connectivity index (χ2v) is 5.99. The fourth-order valence-corrected chi connectivity index (χ4v) is 2.68. The number of methoxy groups -OCH3 is 2. The smallest absolute Gasteiger partial charge is 0.280 e. The summed E-state index contributed by atoms with van der Waals surface area (Å²) in [7, 11) is 2.94. The third-order valence-electron chi connectivity index (χ3n) is 4.26. The van der Waals surface area contributed by atoms with Crippen LogP contribution in [0.1, 0.15) is 35.3 Å². The average molecular weight is 345 g/mol. The fraction of sp³-hybridized carbons (Fsp3) is 0.368. The van der Waals surface area contributed by atoms with Crippen LogP contribution in [-0.2, 0) is 0 Å². The van der Waals surface area contributed by atoms with Crippen molar-refractivity contribution in [3.05, 3.63) is 56.6 Å². The number of benzene rings is 2. The van der Waals surface area contributed by atoms with Gasteiger partial charge in [-0.15, -0.1) is 0 Å². The van der Waals surface area contributed by atoms with Gasteiger partial charge in [-0.25, -0.2) is 0 Å². The zero-order valence-electron chi connectivity index (χ0n) is 15.4. The Morgan fingerprint density at radius 1 is 0.880 bits per heavy atom. The minimum absolute atomic E-state index is 0.0633. The lowest BCUT2D eigenvalue weighted by atomic mass is 10.0. The van der Waals surface area contributed by atoms with Crippen LogP contribution in [0.15, 0.2) is 24.3 Å². The molecule has 0 aliphatic heterocycles. The molecule has 0 bridgehead atoms. The second kappa shape index (κ2) is 7.42. The molecule has 6 heteroatoms. The van der Waals surface area contributed by atoms with E-state index >= 15 is 0 Å². The molecule has 25 heavy (non-hydrogen) atoms. The molecule has 0 aromatic heterocycles. The Labute approximate surface area is 147 Å². The quantitative estimate of drug-likeness (QED) is 0.561. The highest BCUT2D eigenvalue weighted by Gasteiger charge is 2.25. The first-order valence-corrected chi connectivity index (χ1v) is 7.93. The van der Waals surface area contributed by atoms with Crippen LogP contribution in [0.25, 0.3) is 0 Å². The molecule has 0 amide bonds. The summed E-state index contributed by atoms with van der Waals surface area (Å²) in [6.45, 7) is 7.78. The number of nitro benzene ring substituents is 1. The van der Waals surface area contributed by atoms with Crippen LogP contribution in [0.4, 0.5) is 5.69 Å². The number of hydrogen-bond acceptors (Lipinski definition) is 5. The summed E-state index contributed by atoms with van der Waals surface area (Å²) in [5.41, 5.74) is 3.63. The molecule has 0 saturated heterocycles. The van der Waals surface area contributed by atoms with E-state index in [1.165, 1.54) is 25.8 Å². The van der Waals surface area contributed by atoms with E-state index in [1.807, 2.05) is 32.9 Å². The maximum absolute atomic E-state index is 11.5. The zero-order valence-corrected chi connectivity index (χ0v) is 15.4. The molecule has 0 spiro atoms. The Morgan fingerprint density at radius 2 is 1.44 bits per heavy atom. The van der Waals surface area contributed by atoms with E-state index in [-0.39, 0.29) is 5.69 Å². The maximum Gasteiger partial charge on any atom is 0.280 e. The molecular weight excluding hydrogens is 322 g/mol. The van der Waals surface area contributed by atoms with Crippen molar-refractivity contribution in [3.8, 4) is 17.2 Å². The number of nitro groups is 1. The highest BCUT2D eigenvalue weighted by Crippen LogP contribution is 2.39. The Bertz CT molecular complexity index is 801. The topological polar surface area (TPSA) is 70.8 Å². The van der Waals surface area contributed by atoms with Gasteiger partial charge in [-0.1, -0.05) is 6.07 Å². The number of aryl methyl sites for hydroxylation is 3. The summed E-state index contributed by atoms with van der Waals surface area (Å²) in [6.07, 6.45) is -0.527. The molecule has 2 aromatic carbocycles. The van der Waals surface area contributed by atoms with E-state index in [1.54, 1.807) is 13.0 Å². The molecule has 2 rings (SSSR count). The minimum Gasteiger partial charge on any atom is -0.493 e. The third kappa shape index (κ3) is 3.84.